The summed E-state index contributed by atoms with van der Waals surface area (Å²) in [6.07, 6.45) is 0. The molecule has 1 saturated heterocycles. The summed E-state index contributed by atoms with van der Waals surface area (Å²) in [5.74, 6) is -0.449. The predicted octanol–water partition coefficient (Wildman–Crippen LogP) is 2.17. The number of hydrogen-bond donors (Lipinski definition) is 3. The zero-order chi connectivity index (χ0) is 15.5. The summed E-state index contributed by atoms with van der Waals surface area (Å²) in [4.78, 5) is 25.3. The molecule has 0 aromatic heterocycles. The monoisotopic (exact) mass is 297 g/mol. The van der Waals surface area contributed by atoms with E-state index >= 15 is 0 Å². The molecule has 2 aromatic carbocycles. The molecule has 22 heavy (non-hydrogen) atoms. The third kappa shape index (κ3) is 2.71. The lowest BCUT2D eigenvalue weighted by atomic mass is 10.2. The van der Waals surface area contributed by atoms with Gasteiger partial charge in [0.1, 0.15) is 5.75 Å². The number of urea groups is 1. The SMILES string of the molecule is O=C(Nc1ccc(N2CCNC2=O)cc1)c1ccccc1O. The first-order valence-corrected chi connectivity index (χ1v) is 6.90. The molecule has 6 nitrogen and oxygen atoms in total. The highest BCUT2D eigenvalue weighted by Crippen LogP contribution is 2.21. The van der Waals surface area contributed by atoms with E-state index in [2.05, 4.69) is 10.6 Å². The van der Waals surface area contributed by atoms with Gasteiger partial charge in [-0.3, -0.25) is 9.69 Å². The first-order chi connectivity index (χ1) is 10.6. The van der Waals surface area contributed by atoms with Crippen molar-refractivity contribution in [3.8, 4) is 5.75 Å². The molecule has 6 heteroatoms. The zero-order valence-electron chi connectivity index (χ0n) is 11.7. The number of nitrogens with zero attached hydrogens (tertiary/aromatic N) is 1. The summed E-state index contributed by atoms with van der Waals surface area (Å²) in [6, 6.07) is 13.2. The highest BCUT2D eigenvalue weighted by atomic mass is 16.3. The Labute approximate surface area is 127 Å². The molecular formula is C16H15N3O3. The highest BCUT2D eigenvalue weighted by molar-refractivity contribution is 6.06. The molecule has 2 aromatic rings. The average molecular weight is 297 g/mol. The molecule has 3 N–H and O–H groups in total. The molecule has 0 bridgehead atoms. The van der Waals surface area contributed by atoms with Gasteiger partial charge in [-0.15, -0.1) is 0 Å². The number of phenolic OH excluding ortho intramolecular Hbond substituents is 1. The maximum Gasteiger partial charge on any atom is 0.321 e. The van der Waals surface area contributed by atoms with E-state index < -0.39 is 0 Å². The minimum atomic E-state index is -0.384. The molecule has 0 radical (unpaired) electrons. The first-order valence-electron chi connectivity index (χ1n) is 6.90. The smallest absolute Gasteiger partial charge is 0.321 e. The van der Waals surface area contributed by atoms with Gasteiger partial charge in [-0.1, -0.05) is 12.1 Å². The van der Waals surface area contributed by atoms with E-state index in [1.54, 1.807) is 47.4 Å². The van der Waals surface area contributed by atoms with Crippen molar-refractivity contribution in [1.82, 2.24) is 5.32 Å². The van der Waals surface area contributed by atoms with Gasteiger partial charge in [-0.2, -0.15) is 0 Å². The van der Waals surface area contributed by atoms with Crippen molar-refractivity contribution in [2.45, 2.75) is 0 Å². The number of hydrogen-bond acceptors (Lipinski definition) is 3. The second-order valence-corrected chi connectivity index (χ2v) is 4.90. The van der Waals surface area contributed by atoms with Crippen molar-refractivity contribution in [1.29, 1.82) is 0 Å². The van der Waals surface area contributed by atoms with Crippen LogP contribution >= 0.6 is 0 Å². The first kappa shape index (κ1) is 13.9. The maximum atomic E-state index is 12.1. The number of carbonyl (C=O) groups is 2. The number of aromatic hydroxyl groups is 1. The topological polar surface area (TPSA) is 81.7 Å². The van der Waals surface area contributed by atoms with E-state index in [1.807, 2.05) is 0 Å². The summed E-state index contributed by atoms with van der Waals surface area (Å²) >= 11 is 0. The molecule has 1 fully saturated rings. The molecule has 3 amide bonds. The fourth-order valence-electron chi connectivity index (χ4n) is 2.31. The third-order valence-electron chi connectivity index (χ3n) is 3.44. The number of anilines is 2. The van der Waals surface area contributed by atoms with E-state index in [0.717, 1.165) is 5.69 Å². The van der Waals surface area contributed by atoms with Crippen LogP contribution < -0.4 is 15.5 Å². The largest absolute Gasteiger partial charge is 0.507 e. The number of rotatable bonds is 3. The molecule has 1 aliphatic heterocycles. The van der Waals surface area contributed by atoms with Gasteiger partial charge in [-0.05, 0) is 36.4 Å². The number of amides is 3. The van der Waals surface area contributed by atoms with Crippen molar-refractivity contribution in [3.63, 3.8) is 0 Å². The van der Waals surface area contributed by atoms with Crippen LogP contribution in [0.15, 0.2) is 48.5 Å². The van der Waals surface area contributed by atoms with Crippen molar-refractivity contribution in [2.75, 3.05) is 23.3 Å². The Hall–Kier alpha value is -3.02. The lowest BCUT2D eigenvalue weighted by Gasteiger charge is -2.14. The van der Waals surface area contributed by atoms with Gasteiger partial charge in [0, 0.05) is 24.5 Å². The molecule has 0 unspecified atom stereocenters. The van der Waals surface area contributed by atoms with Crippen LogP contribution in [0.5, 0.6) is 5.75 Å². The highest BCUT2D eigenvalue weighted by Gasteiger charge is 2.20. The van der Waals surface area contributed by atoms with Gasteiger partial charge in [0.05, 0.1) is 5.56 Å². The van der Waals surface area contributed by atoms with E-state index in [9.17, 15) is 14.7 Å². The van der Waals surface area contributed by atoms with Crippen molar-refractivity contribution < 1.29 is 14.7 Å². The minimum Gasteiger partial charge on any atom is -0.507 e. The standard InChI is InChI=1S/C16H15N3O3/c20-14-4-2-1-3-13(14)15(21)18-11-5-7-12(8-6-11)19-10-9-17-16(19)22/h1-8,20H,9-10H2,(H,17,22)(H,18,21). The summed E-state index contributed by atoms with van der Waals surface area (Å²) in [6.45, 7) is 1.26. The fraction of sp³-hybridized carbons (Fsp3) is 0.125. The Morgan fingerprint density at radius 2 is 1.86 bits per heavy atom. The Kier molecular flexibility index (Phi) is 3.65. The normalized spacial score (nSPS) is 13.8. The average Bonchev–Trinajstić information content (AvgIpc) is 2.94. The van der Waals surface area contributed by atoms with E-state index in [1.165, 1.54) is 6.07 Å². The van der Waals surface area contributed by atoms with Gasteiger partial charge in [0.25, 0.3) is 5.91 Å². The van der Waals surface area contributed by atoms with Crippen LogP contribution in [0, 0.1) is 0 Å². The van der Waals surface area contributed by atoms with E-state index in [4.69, 9.17) is 0 Å². The summed E-state index contributed by atoms with van der Waals surface area (Å²) in [5.41, 5.74) is 1.58. The number of benzene rings is 2. The van der Waals surface area contributed by atoms with Gasteiger partial charge in [-0.25, -0.2) is 4.79 Å². The number of carbonyl (C=O) groups excluding carboxylic acids is 2. The van der Waals surface area contributed by atoms with Crippen molar-refractivity contribution in [3.05, 3.63) is 54.1 Å². The van der Waals surface area contributed by atoms with Crippen LogP contribution in [0.1, 0.15) is 10.4 Å². The lowest BCUT2D eigenvalue weighted by molar-refractivity contribution is 0.102. The predicted molar refractivity (Wildman–Crippen MR) is 83.2 cm³/mol. The Bertz CT molecular complexity index is 713. The zero-order valence-corrected chi connectivity index (χ0v) is 11.7. The second kappa shape index (κ2) is 5.77. The lowest BCUT2D eigenvalue weighted by Crippen LogP contribution is -2.27. The molecule has 0 aliphatic carbocycles. The quantitative estimate of drug-likeness (QED) is 0.812. The molecule has 0 saturated carbocycles. The van der Waals surface area contributed by atoms with Gasteiger partial charge in [0.2, 0.25) is 0 Å². The molecular weight excluding hydrogens is 282 g/mol. The number of nitrogens with one attached hydrogen (secondary N) is 2. The summed E-state index contributed by atoms with van der Waals surface area (Å²) < 4.78 is 0. The minimum absolute atomic E-state index is 0.0645. The van der Waals surface area contributed by atoms with E-state index in [0.29, 0.717) is 18.8 Å². The van der Waals surface area contributed by atoms with Crippen LogP contribution in [-0.2, 0) is 0 Å². The number of phenols is 1. The maximum absolute atomic E-state index is 12.1. The van der Waals surface area contributed by atoms with Crippen LogP contribution in [0.25, 0.3) is 0 Å². The van der Waals surface area contributed by atoms with Crippen LogP contribution in [0.4, 0.5) is 16.2 Å². The van der Waals surface area contributed by atoms with Gasteiger partial charge >= 0.3 is 6.03 Å². The molecule has 1 aliphatic rings. The Morgan fingerprint density at radius 3 is 2.50 bits per heavy atom. The van der Waals surface area contributed by atoms with Crippen LogP contribution in [0.3, 0.4) is 0 Å². The van der Waals surface area contributed by atoms with E-state index in [-0.39, 0.29) is 23.3 Å². The van der Waals surface area contributed by atoms with Crippen LogP contribution in [0.2, 0.25) is 0 Å². The fourth-order valence-corrected chi connectivity index (χ4v) is 2.31. The molecule has 0 spiro atoms. The third-order valence-corrected chi connectivity index (χ3v) is 3.44. The summed E-state index contributed by atoms with van der Waals surface area (Å²) in [7, 11) is 0. The molecule has 0 atom stereocenters. The van der Waals surface area contributed by atoms with Crippen LogP contribution in [-0.4, -0.2) is 30.1 Å². The van der Waals surface area contributed by atoms with Crippen molar-refractivity contribution in [2.24, 2.45) is 0 Å². The Morgan fingerprint density at radius 1 is 1.14 bits per heavy atom. The Balaban J connectivity index is 1.72. The van der Waals surface area contributed by atoms with Gasteiger partial charge < -0.3 is 15.7 Å². The van der Waals surface area contributed by atoms with Gasteiger partial charge in [0.15, 0.2) is 0 Å². The molecule has 112 valence electrons. The molecule has 1 heterocycles. The number of para-hydroxylation sites is 1. The second-order valence-electron chi connectivity index (χ2n) is 4.90. The van der Waals surface area contributed by atoms with Crippen molar-refractivity contribution >= 4 is 23.3 Å². The molecule has 3 rings (SSSR count). The summed E-state index contributed by atoms with van der Waals surface area (Å²) in [5, 5.41) is 15.1.